The van der Waals surface area contributed by atoms with Crippen LogP contribution >= 0.6 is 0 Å². The van der Waals surface area contributed by atoms with Crippen molar-refractivity contribution in [3.8, 4) is 0 Å². The first-order valence-electron chi connectivity index (χ1n) is 13.0. The smallest absolute Gasteiger partial charge is 0.000697 e. The van der Waals surface area contributed by atoms with Crippen LogP contribution in [0.15, 0.2) is 91.0 Å². The van der Waals surface area contributed by atoms with Crippen molar-refractivity contribution in [2.24, 2.45) is 0 Å². The van der Waals surface area contributed by atoms with Crippen LogP contribution in [0.5, 0.6) is 0 Å². The van der Waals surface area contributed by atoms with Crippen LogP contribution in [-0.2, 0) is 5.41 Å². The lowest BCUT2D eigenvalue weighted by atomic mass is 9.79. The zero-order valence-corrected chi connectivity index (χ0v) is 20.7. The molecule has 0 N–H and O–H groups in total. The summed E-state index contributed by atoms with van der Waals surface area (Å²) in [4.78, 5) is 0. The van der Waals surface area contributed by atoms with Crippen LogP contribution in [0.1, 0.15) is 26.3 Å². The molecule has 9 rings (SSSR count). The Labute approximate surface area is 208 Å². The molecule has 0 saturated carbocycles. The molecule has 0 unspecified atom stereocenters. The number of rotatable bonds is 0. The van der Waals surface area contributed by atoms with E-state index in [0.717, 1.165) is 0 Å². The van der Waals surface area contributed by atoms with E-state index >= 15 is 0 Å². The fraction of sp³-hybridized carbons (Fsp3) is 0.111. The van der Waals surface area contributed by atoms with E-state index in [4.69, 9.17) is 0 Å². The number of fused-ring (bicyclic) bond motifs is 4. The highest BCUT2D eigenvalue weighted by atomic mass is 14.3. The minimum atomic E-state index is 0.103. The summed E-state index contributed by atoms with van der Waals surface area (Å²) >= 11 is 0. The Morgan fingerprint density at radius 1 is 0.361 bits per heavy atom. The van der Waals surface area contributed by atoms with Gasteiger partial charge in [-0.3, -0.25) is 0 Å². The van der Waals surface area contributed by atoms with E-state index in [9.17, 15) is 0 Å². The predicted octanol–water partition coefficient (Wildman–Crippen LogP) is 10.5. The van der Waals surface area contributed by atoms with Crippen molar-refractivity contribution in [3.05, 3.63) is 96.6 Å². The molecule has 0 aliphatic heterocycles. The molecule has 0 heterocycles. The van der Waals surface area contributed by atoms with Crippen LogP contribution in [0, 0.1) is 0 Å². The Bertz CT molecular complexity index is 2330. The number of hydrogen-bond acceptors (Lipinski definition) is 0. The van der Waals surface area contributed by atoms with Crippen molar-refractivity contribution >= 4 is 86.2 Å². The Hall–Kier alpha value is -4.16. The van der Waals surface area contributed by atoms with E-state index in [2.05, 4.69) is 112 Å². The molecule has 9 aromatic carbocycles. The van der Waals surface area contributed by atoms with Gasteiger partial charge in [0.05, 0.1) is 0 Å². The number of benzene rings is 9. The van der Waals surface area contributed by atoms with Gasteiger partial charge in [0, 0.05) is 0 Å². The quantitative estimate of drug-likeness (QED) is 0.157. The maximum atomic E-state index is 2.49. The molecular formula is C36H24. The third-order valence-corrected chi connectivity index (χ3v) is 8.78. The molecular weight excluding hydrogens is 432 g/mol. The third-order valence-electron chi connectivity index (χ3n) is 8.78. The van der Waals surface area contributed by atoms with Crippen molar-refractivity contribution < 1.29 is 0 Å². The van der Waals surface area contributed by atoms with Crippen LogP contribution in [0.2, 0.25) is 0 Å². The van der Waals surface area contributed by atoms with Gasteiger partial charge < -0.3 is 0 Å². The van der Waals surface area contributed by atoms with Gasteiger partial charge in [0.1, 0.15) is 0 Å². The summed E-state index contributed by atoms with van der Waals surface area (Å²) in [6, 6.07) is 35.0. The molecule has 0 atom stereocenters. The number of hydrogen-bond donors (Lipinski definition) is 0. The standard InChI is InChI=1S/C36H24/c1-36(2,3)23-15-20-11-12-21-17-28-25-9-5-4-8-24(25)27-14-13-19-7-6-10-26-29-18-22(16-23)30(20)32(21)34(29)35(28)33(27)31(19)26/h4-18H,1-3H3. The van der Waals surface area contributed by atoms with E-state index in [1.807, 2.05) is 0 Å². The molecule has 9 aromatic rings. The fourth-order valence-electron chi connectivity index (χ4n) is 7.16. The summed E-state index contributed by atoms with van der Waals surface area (Å²) < 4.78 is 0. The highest BCUT2D eigenvalue weighted by Crippen LogP contribution is 2.51. The summed E-state index contributed by atoms with van der Waals surface area (Å²) in [6.45, 7) is 6.95. The lowest BCUT2D eigenvalue weighted by Gasteiger charge is -2.24. The second-order valence-corrected chi connectivity index (χ2v) is 11.7. The zero-order chi connectivity index (χ0) is 23.9. The zero-order valence-electron chi connectivity index (χ0n) is 20.7. The highest BCUT2D eigenvalue weighted by molar-refractivity contribution is 6.48. The van der Waals surface area contributed by atoms with E-state index < -0.39 is 0 Å². The first kappa shape index (κ1) is 19.1. The predicted molar refractivity (Wildman–Crippen MR) is 159 cm³/mol. The van der Waals surface area contributed by atoms with Gasteiger partial charge in [-0.05, 0) is 109 Å². The van der Waals surface area contributed by atoms with E-state index in [-0.39, 0.29) is 5.41 Å². The molecule has 0 aromatic heterocycles. The maximum absolute atomic E-state index is 2.49. The molecule has 0 nitrogen and oxygen atoms in total. The molecule has 36 heavy (non-hydrogen) atoms. The molecule has 0 heteroatoms. The van der Waals surface area contributed by atoms with Crippen LogP contribution in [0.25, 0.3) is 86.2 Å². The summed E-state index contributed by atoms with van der Waals surface area (Å²) in [5.74, 6) is 0. The van der Waals surface area contributed by atoms with E-state index in [1.54, 1.807) is 0 Å². The monoisotopic (exact) mass is 456 g/mol. The van der Waals surface area contributed by atoms with Crippen molar-refractivity contribution in [1.82, 2.24) is 0 Å². The highest BCUT2D eigenvalue weighted by Gasteiger charge is 2.24. The molecule has 0 bridgehead atoms. The Kier molecular flexibility index (Phi) is 3.16. The van der Waals surface area contributed by atoms with Crippen molar-refractivity contribution in [1.29, 1.82) is 0 Å². The van der Waals surface area contributed by atoms with Gasteiger partial charge in [0.25, 0.3) is 0 Å². The van der Waals surface area contributed by atoms with Gasteiger partial charge in [-0.15, -0.1) is 0 Å². The summed E-state index contributed by atoms with van der Waals surface area (Å²) in [5.41, 5.74) is 1.50. The van der Waals surface area contributed by atoms with Crippen molar-refractivity contribution in [2.75, 3.05) is 0 Å². The summed E-state index contributed by atoms with van der Waals surface area (Å²) in [5, 5.41) is 22.1. The topological polar surface area (TPSA) is 0 Å². The van der Waals surface area contributed by atoms with Gasteiger partial charge in [0.2, 0.25) is 0 Å². The summed E-state index contributed by atoms with van der Waals surface area (Å²) in [6.07, 6.45) is 0. The molecule has 168 valence electrons. The van der Waals surface area contributed by atoms with E-state index in [1.165, 1.54) is 91.7 Å². The molecule has 0 aliphatic carbocycles. The van der Waals surface area contributed by atoms with Gasteiger partial charge in [-0.25, -0.2) is 0 Å². The van der Waals surface area contributed by atoms with Crippen LogP contribution in [-0.4, -0.2) is 0 Å². The van der Waals surface area contributed by atoms with Crippen LogP contribution < -0.4 is 0 Å². The molecule has 0 amide bonds. The molecule has 0 fully saturated rings. The average Bonchev–Trinajstić information content (AvgIpc) is 2.89. The van der Waals surface area contributed by atoms with Gasteiger partial charge in [0.15, 0.2) is 0 Å². The molecule has 0 spiro atoms. The van der Waals surface area contributed by atoms with Gasteiger partial charge in [-0.1, -0.05) is 99.6 Å². The van der Waals surface area contributed by atoms with Crippen LogP contribution in [0.3, 0.4) is 0 Å². The average molecular weight is 457 g/mol. The first-order chi connectivity index (χ1) is 17.5. The van der Waals surface area contributed by atoms with Gasteiger partial charge >= 0.3 is 0 Å². The second-order valence-electron chi connectivity index (χ2n) is 11.7. The molecule has 0 aliphatic rings. The lowest BCUT2D eigenvalue weighted by Crippen LogP contribution is -2.10. The van der Waals surface area contributed by atoms with Gasteiger partial charge in [-0.2, -0.15) is 0 Å². The van der Waals surface area contributed by atoms with Crippen molar-refractivity contribution in [3.63, 3.8) is 0 Å². The minimum Gasteiger partial charge on any atom is -0.0616 e. The van der Waals surface area contributed by atoms with Crippen LogP contribution in [0.4, 0.5) is 0 Å². The largest absolute Gasteiger partial charge is 0.0616 e. The van der Waals surface area contributed by atoms with Crippen molar-refractivity contribution in [2.45, 2.75) is 26.2 Å². The second kappa shape index (κ2) is 5.97. The summed E-state index contributed by atoms with van der Waals surface area (Å²) in [7, 11) is 0. The first-order valence-corrected chi connectivity index (χ1v) is 13.0. The minimum absolute atomic E-state index is 0.103. The lowest BCUT2D eigenvalue weighted by molar-refractivity contribution is 0.591. The molecule has 0 saturated heterocycles. The maximum Gasteiger partial charge on any atom is -0.000697 e. The molecule has 0 radical (unpaired) electrons. The normalized spacial score (nSPS) is 13.4. The Balaban J connectivity index is 1.71. The fourth-order valence-corrected chi connectivity index (χ4v) is 7.16. The SMILES string of the molecule is CC(C)(C)c1cc2ccc3cc4c5ccccc5c5ccc6cccc7c8cc(c1)c2c3c8c4c5c67. The Morgan fingerprint density at radius 2 is 0.917 bits per heavy atom. The Morgan fingerprint density at radius 3 is 1.72 bits per heavy atom. The van der Waals surface area contributed by atoms with E-state index in [0.29, 0.717) is 0 Å². The third kappa shape index (κ3) is 2.10.